The predicted molar refractivity (Wildman–Crippen MR) is 118 cm³/mol. The molecule has 2 saturated heterocycles. The molecule has 30 heavy (non-hydrogen) atoms. The third kappa shape index (κ3) is 7.14. The monoisotopic (exact) mass is 432 g/mol. The van der Waals surface area contributed by atoms with Gasteiger partial charge in [0, 0.05) is 13.1 Å². The number of carbonyl (C=O) groups excluding carboxylic acids is 1. The first-order valence-electron chi connectivity index (χ1n) is 10.2. The van der Waals surface area contributed by atoms with E-state index in [2.05, 4.69) is 27.3 Å². The quantitative estimate of drug-likeness (QED) is 0.353. The van der Waals surface area contributed by atoms with Crippen molar-refractivity contribution in [3.63, 3.8) is 0 Å². The molecule has 8 nitrogen and oxygen atoms in total. The number of hydrogen-bond acceptors (Lipinski definition) is 7. The summed E-state index contributed by atoms with van der Waals surface area (Å²) in [5.74, 6) is 0.197. The first-order valence-corrected chi connectivity index (χ1v) is 11.1. The van der Waals surface area contributed by atoms with Gasteiger partial charge >= 0.3 is 5.97 Å². The van der Waals surface area contributed by atoms with Crippen LogP contribution in [0, 0.1) is 5.92 Å². The van der Waals surface area contributed by atoms with Crippen LogP contribution >= 0.6 is 11.8 Å². The molecule has 0 saturated carbocycles. The van der Waals surface area contributed by atoms with Crippen LogP contribution in [0.4, 0.5) is 0 Å². The average Bonchev–Trinajstić information content (AvgIpc) is 3.04. The van der Waals surface area contributed by atoms with Crippen molar-refractivity contribution in [3.05, 3.63) is 29.8 Å². The third-order valence-electron chi connectivity index (χ3n) is 4.98. The number of ether oxygens (including phenoxy) is 1. The Labute approximate surface area is 180 Å². The number of thioether (sulfide) groups is 1. The Balaban J connectivity index is 1.43. The number of piperidine rings is 1. The number of nitrogens with one attached hydrogen (secondary N) is 1. The molecule has 0 aromatic heterocycles. The first-order chi connectivity index (χ1) is 14.5. The molecule has 0 aliphatic carbocycles. The fourth-order valence-electron chi connectivity index (χ4n) is 3.55. The number of amides is 1. The standard InChI is InChI=1S/C21H28N4O4S/c1-15-5-3-8-25(14-15)9-4-10-29-17-7-2-6-16(11-17)13-22-24-21-23-20(28)18(30-21)12-19(26)27/h2,6-7,11,13,15,18H,3-5,8-10,12,14H2,1H3,(H,26,27)(H,23,24,28). The van der Waals surface area contributed by atoms with Gasteiger partial charge in [0.05, 0.1) is 19.2 Å². The molecule has 1 aromatic carbocycles. The van der Waals surface area contributed by atoms with Gasteiger partial charge in [0.25, 0.3) is 0 Å². The highest BCUT2D eigenvalue weighted by atomic mass is 32.2. The van der Waals surface area contributed by atoms with Crippen molar-refractivity contribution in [2.75, 3.05) is 26.2 Å². The summed E-state index contributed by atoms with van der Waals surface area (Å²) >= 11 is 1.08. The highest BCUT2D eigenvalue weighted by molar-refractivity contribution is 8.15. The van der Waals surface area contributed by atoms with E-state index in [1.807, 2.05) is 24.3 Å². The molecule has 2 atom stereocenters. The fraction of sp³-hybridized carbons (Fsp3) is 0.524. The predicted octanol–water partition coefficient (Wildman–Crippen LogP) is 2.58. The van der Waals surface area contributed by atoms with Crippen molar-refractivity contribution in [2.24, 2.45) is 16.1 Å². The summed E-state index contributed by atoms with van der Waals surface area (Å²) in [5.41, 5.74) is 0.832. The van der Waals surface area contributed by atoms with Gasteiger partial charge in [-0.15, -0.1) is 5.10 Å². The minimum Gasteiger partial charge on any atom is -0.494 e. The van der Waals surface area contributed by atoms with Gasteiger partial charge in [-0.2, -0.15) is 5.10 Å². The Kier molecular flexibility index (Phi) is 8.27. The highest BCUT2D eigenvalue weighted by Crippen LogP contribution is 2.22. The van der Waals surface area contributed by atoms with E-state index in [-0.39, 0.29) is 12.3 Å². The molecule has 162 valence electrons. The van der Waals surface area contributed by atoms with E-state index in [4.69, 9.17) is 9.84 Å². The molecule has 2 aliphatic rings. The van der Waals surface area contributed by atoms with Crippen molar-refractivity contribution >= 4 is 35.0 Å². The maximum atomic E-state index is 11.7. The Morgan fingerprint density at radius 1 is 1.47 bits per heavy atom. The summed E-state index contributed by atoms with van der Waals surface area (Å²) in [4.78, 5) is 25.0. The second-order valence-corrected chi connectivity index (χ2v) is 8.86. The van der Waals surface area contributed by atoms with Gasteiger partial charge < -0.3 is 20.1 Å². The molecule has 9 heteroatoms. The summed E-state index contributed by atoms with van der Waals surface area (Å²) < 4.78 is 5.87. The molecule has 2 unspecified atom stereocenters. The summed E-state index contributed by atoms with van der Waals surface area (Å²) in [6.45, 7) is 6.42. The van der Waals surface area contributed by atoms with E-state index in [0.717, 1.165) is 42.0 Å². The van der Waals surface area contributed by atoms with E-state index in [0.29, 0.717) is 11.8 Å². The summed E-state index contributed by atoms with van der Waals surface area (Å²) in [6.07, 6.45) is 4.95. The van der Waals surface area contributed by atoms with Crippen LogP contribution in [0.25, 0.3) is 0 Å². The maximum Gasteiger partial charge on any atom is 0.305 e. The Morgan fingerprint density at radius 3 is 3.13 bits per heavy atom. The molecular formula is C21H28N4O4S. The van der Waals surface area contributed by atoms with E-state index in [9.17, 15) is 9.59 Å². The van der Waals surface area contributed by atoms with Crippen LogP contribution in [0.2, 0.25) is 0 Å². The largest absolute Gasteiger partial charge is 0.494 e. The number of hydrogen-bond donors (Lipinski definition) is 2. The summed E-state index contributed by atoms with van der Waals surface area (Å²) in [7, 11) is 0. The Bertz CT molecular complexity index is 814. The van der Waals surface area contributed by atoms with Crippen molar-refractivity contribution in [1.29, 1.82) is 0 Å². The van der Waals surface area contributed by atoms with Crippen molar-refractivity contribution in [2.45, 2.75) is 37.9 Å². The van der Waals surface area contributed by atoms with Crippen LogP contribution in [-0.2, 0) is 9.59 Å². The van der Waals surface area contributed by atoms with Crippen molar-refractivity contribution in [1.82, 2.24) is 10.2 Å². The molecule has 2 fully saturated rings. The SMILES string of the molecule is CC1CCCN(CCCOc2cccc(C=NN=C3NC(=O)C(CC(=O)O)S3)c2)C1. The van der Waals surface area contributed by atoms with Crippen LogP contribution < -0.4 is 10.1 Å². The molecule has 0 bridgehead atoms. The molecular weight excluding hydrogens is 404 g/mol. The van der Waals surface area contributed by atoms with Crippen molar-refractivity contribution < 1.29 is 19.4 Å². The van der Waals surface area contributed by atoms with E-state index < -0.39 is 11.2 Å². The molecule has 1 aromatic rings. The number of carbonyl (C=O) groups is 2. The number of rotatable bonds is 9. The number of nitrogens with zero attached hydrogens (tertiary/aromatic N) is 3. The van der Waals surface area contributed by atoms with Gasteiger partial charge in [-0.1, -0.05) is 30.8 Å². The van der Waals surface area contributed by atoms with Gasteiger partial charge in [-0.25, -0.2) is 0 Å². The molecule has 2 heterocycles. The van der Waals surface area contributed by atoms with Crippen molar-refractivity contribution in [3.8, 4) is 5.75 Å². The number of benzene rings is 1. The average molecular weight is 433 g/mol. The number of aliphatic carboxylic acids is 1. The van der Waals surface area contributed by atoms with Crippen LogP contribution in [-0.4, -0.2) is 64.8 Å². The molecule has 2 aliphatic heterocycles. The van der Waals surface area contributed by atoms with Gasteiger partial charge in [0.15, 0.2) is 5.17 Å². The lowest BCUT2D eigenvalue weighted by Gasteiger charge is -2.30. The van der Waals surface area contributed by atoms with E-state index >= 15 is 0 Å². The zero-order chi connectivity index (χ0) is 21.3. The summed E-state index contributed by atoms with van der Waals surface area (Å²) in [5, 5.41) is 18.9. The number of amidine groups is 1. The first kappa shape index (κ1) is 22.3. The fourth-order valence-corrected chi connectivity index (χ4v) is 4.46. The van der Waals surface area contributed by atoms with Crippen LogP contribution in [0.1, 0.15) is 38.2 Å². The van der Waals surface area contributed by atoms with Gasteiger partial charge in [-0.3, -0.25) is 9.59 Å². The van der Waals surface area contributed by atoms with Gasteiger partial charge in [-0.05, 0) is 49.4 Å². The lowest BCUT2D eigenvalue weighted by Crippen LogP contribution is -2.35. The zero-order valence-corrected chi connectivity index (χ0v) is 17.9. The third-order valence-corrected chi connectivity index (χ3v) is 6.05. The minimum absolute atomic E-state index is 0.241. The van der Waals surface area contributed by atoms with E-state index in [1.165, 1.54) is 25.9 Å². The van der Waals surface area contributed by atoms with Gasteiger partial charge in [0.1, 0.15) is 11.0 Å². The normalized spacial score (nSPS) is 23.8. The zero-order valence-electron chi connectivity index (χ0n) is 17.1. The summed E-state index contributed by atoms with van der Waals surface area (Å²) in [6, 6.07) is 7.58. The molecule has 0 spiro atoms. The Morgan fingerprint density at radius 2 is 2.33 bits per heavy atom. The lowest BCUT2D eigenvalue weighted by atomic mass is 10.0. The Hall–Kier alpha value is -2.39. The smallest absolute Gasteiger partial charge is 0.305 e. The van der Waals surface area contributed by atoms with Gasteiger partial charge in [0.2, 0.25) is 5.91 Å². The molecule has 1 amide bonds. The topological polar surface area (TPSA) is 104 Å². The number of carboxylic acid groups (broad SMARTS) is 1. The molecule has 2 N–H and O–H groups in total. The van der Waals surface area contributed by atoms with E-state index in [1.54, 1.807) is 6.21 Å². The number of carboxylic acids is 1. The highest BCUT2D eigenvalue weighted by Gasteiger charge is 2.32. The van der Waals surface area contributed by atoms with Crippen LogP contribution in [0.15, 0.2) is 34.5 Å². The second-order valence-electron chi connectivity index (χ2n) is 7.67. The molecule has 3 rings (SSSR count). The molecule has 0 radical (unpaired) electrons. The second kappa shape index (κ2) is 11.1. The van der Waals surface area contributed by atoms with Crippen LogP contribution in [0.5, 0.6) is 5.75 Å². The minimum atomic E-state index is -1.02. The number of likely N-dealkylation sites (tertiary alicyclic amines) is 1. The van der Waals surface area contributed by atoms with Crippen LogP contribution in [0.3, 0.4) is 0 Å². The lowest BCUT2D eigenvalue weighted by molar-refractivity contribution is -0.138. The maximum absolute atomic E-state index is 11.7.